The molecule has 0 N–H and O–H groups in total. The van der Waals surface area contributed by atoms with Gasteiger partial charge in [-0.1, -0.05) is 23.8 Å². The Morgan fingerprint density at radius 2 is 2.50 bits per heavy atom. The lowest BCUT2D eigenvalue weighted by Crippen LogP contribution is -1.95. The zero-order valence-electron chi connectivity index (χ0n) is 4.89. The van der Waals surface area contributed by atoms with Gasteiger partial charge in [0, 0.05) is 0 Å². The van der Waals surface area contributed by atoms with Gasteiger partial charge < -0.3 is 0 Å². The van der Waals surface area contributed by atoms with Gasteiger partial charge in [-0.15, -0.1) is 11.6 Å². The summed E-state index contributed by atoms with van der Waals surface area (Å²) in [6.07, 6.45) is 7.26. The molecule has 0 aromatic rings. The van der Waals surface area contributed by atoms with E-state index in [0.717, 1.165) is 6.42 Å². The van der Waals surface area contributed by atoms with Crippen LogP contribution in [0.1, 0.15) is 13.3 Å². The Hall–Kier alpha value is -0.230. The molecule has 0 saturated heterocycles. The van der Waals surface area contributed by atoms with E-state index in [0.29, 0.717) is 0 Å². The molecule has 1 atom stereocenters. The molecule has 0 aromatic carbocycles. The van der Waals surface area contributed by atoms with Crippen LogP contribution in [0, 0.1) is 0 Å². The van der Waals surface area contributed by atoms with Crippen molar-refractivity contribution in [3.05, 3.63) is 23.8 Å². The molecule has 1 rings (SSSR count). The lowest BCUT2D eigenvalue weighted by molar-refractivity contribution is 1.02. The molecule has 0 saturated carbocycles. The first-order valence-corrected chi connectivity index (χ1v) is 3.22. The molecule has 0 aliphatic heterocycles. The standard InChI is InChI=1S/C7H9Cl/c1-6-3-2-4-7(8)5-6/h2-3,5,7H,4H2,1H3. The fourth-order valence-corrected chi connectivity index (χ4v) is 1.09. The summed E-state index contributed by atoms with van der Waals surface area (Å²) in [7, 11) is 0. The Bertz CT molecular complexity index is 133. The third kappa shape index (κ3) is 1.38. The van der Waals surface area contributed by atoms with E-state index < -0.39 is 0 Å². The van der Waals surface area contributed by atoms with E-state index in [-0.39, 0.29) is 5.38 Å². The molecule has 0 amide bonds. The summed E-state index contributed by atoms with van der Waals surface area (Å²) in [5.41, 5.74) is 1.27. The Balaban J connectivity index is 2.63. The molecule has 0 radical (unpaired) electrons. The molecule has 0 aromatic heterocycles. The summed E-state index contributed by atoms with van der Waals surface area (Å²) < 4.78 is 0. The normalized spacial score (nSPS) is 27.8. The van der Waals surface area contributed by atoms with E-state index >= 15 is 0 Å². The van der Waals surface area contributed by atoms with Crippen LogP contribution in [0.2, 0.25) is 0 Å². The largest absolute Gasteiger partial charge is 0.118 e. The van der Waals surface area contributed by atoms with Crippen LogP contribution in [-0.4, -0.2) is 5.38 Å². The molecule has 1 aliphatic carbocycles. The van der Waals surface area contributed by atoms with Crippen LogP contribution in [0.3, 0.4) is 0 Å². The highest BCUT2D eigenvalue weighted by Gasteiger charge is 2.00. The molecule has 0 nitrogen and oxygen atoms in total. The van der Waals surface area contributed by atoms with Crippen LogP contribution in [-0.2, 0) is 0 Å². The van der Waals surface area contributed by atoms with Gasteiger partial charge in [-0.05, 0) is 13.3 Å². The van der Waals surface area contributed by atoms with E-state index in [2.05, 4.69) is 25.2 Å². The highest BCUT2D eigenvalue weighted by Crippen LogP contribution is 2.13. The van der Waals surface area contributed by atoms with Crippen LogP contribution in [0.5, 0.6) is 0 Å². The lowest BCUT2D eigenvalue weighted by atomic mass is 10.1. The first kappa shape index (κ1) is 5.90. The summed E-state index contributed by atoms with van der Waals surface area (Å²) in [6.45, 7) is 2.06. The summed E-state index contributed by atoms with van der Waals surface area (Å²) in [5, 5.41) is 0.236. The predicted octanol–water partition coefficient (Wildman–Crippen LogP) is 2.50. The van der Waals surface area contributed by atoms with Gasteiger partial charge in [-0.25, -0.2) is 0 Å². The molecule has 1 unspecified atom stereocenters. The van der Waals surface area contributed by atoms with Crippen molar-refractivity contribution in [2.75, 3.05) is 0 Å². The van der Waals surface area contributed by atoms with Crippen molar-refractivity contribution < 1.29 is 0 Å². The second-order valence-corrected chi connectivity index (χ2v) is 2.63. The summed E-state index contributed by atoms with van der Waals surface area (Å²) >= 11 is 5.78. The zero-order valence-corrected chi connectivity index (χ0v) is 5.65. The molecular weight excluding hydrogens is 120 g/mol. The molecule has 8 heavy (non-hydrogen) atoms. The molecule has 0 heterocycles. The maximum absolute atomic E-state index is 5.78. The maximum Gasteiger partial charge on any atom is 0.0556 e. The third-order valence-electron chi connectivity index (χ3n) is 1.19. The van der Waals surface area contributed by atoms with E-state index in [1.54, 1.807) is 0 Å². The quantitative estimate of drug-likeness (QED) is 0.440. The van der Waals surface area contributed by atoms with Crippen LogP contribution in [0.4, 0.5) is 0 Å². The SMILES string of the molecule is CC1=CC(Cl)CC=C1. The van der Waals surface area contributed by atoms with E-state index in [1.165, 1.54) is 5.57 Å². The Morgan fingerprint density at radius 3 is 2.88 bits per heavy atom. The first-order chi connectivity index (χ1) is 3.79. The molecule has 1 heteroatoms. The number of alkyl halides is 1. The van der Waals surface area contributed by atoms with Crippen LogP contribution < -0.4 is 0 Å². The van der Waals surface area contributed by atoms with Gasteiger partial charge in [0.2, 0.25) is 0 Å². The Labute approximate surface area is 54.8 Å². The van der Waals surface area contributed by atoms with Crippen molar-refractivity contribution in [1.29, 1.82) is 0 Å². The smallest absolute Gasteiger partial charge is 0.0556 e. The van der Waals surface area contributed by atoms with E-state index in [4.69, 9.17) is 11.6 Å². The molecule has 44 valence electrons. The molecule has 1 aliphatic rings. The molecular formula is C7H9Cl. The van der Waals surface area contributed by atoms with Gasteiger partial charge in [0.05, 0.1) is 5.38 Å². The van der Waals surface area contributed by atoms with Crippen LogP contribution in [0.25, 0.3) is 0 Å². The predicted molar refractivity (Wildman–Crippen MR) is 37.2 cm³/mol. The van der Waals surface area contributed by atoms with Gasteiger partial charge in [0.15, 0.2) is 0 Å². The maximum atomic E-state index is 5.78. The van der Waals surface area contributed by atoms with Gasteiger partial charge in [0.1, 0.15) is 0 Å². The topological polar surface area (TPSA) is 0 Å². The van der Waals surface area contributed by atoms with Crippen molar-refractivity contribution in [1.82, 2.24) is 0 Å². The average Bonchev–Trinajstić information content (AvgIpc) is 1.64. The minimum absolute atomic E-state index is 0.236. The van der Waals surface area contributed by atoms with Crippen molar-refractivity contribution in [2.24, 2.45) is 0 Å². The number of rotatable bonds is 0. The van der Waals surface area contributed by atoms with Gasteiger partial charge >= 0.3 is 0 Å². The average molecular weight is 129 g/mol. The lowest BCUT2D eigenvalue weighted by Gasteiger charge is -2.05. The Kier molecular flexibility index (Phi) is 1.74. The number of allylic oxidation sites excluding steroid dienone is 4. The zero-order chi connectivity index (χ0) is 5.98. The van der Waals surface area contributed by atoms with Crippen LogP contribution >= 0.6 is 11.6 Å². The van der Waals surface area contributed by atoms with Crippen molar-refractivity contribution in [3.8, 4) is 0 Å². The summed E-state index contributed by atoms with van der Waals surface area (Å²) in [5.74, 6) is 0. The fourth-order valence-electron chi connectivity index (χ4n) is 0.793. The molecule has 0 bridgehead atoms. The van der Waals surface area contributed by atoms with Gasteiger partial charge in [-0.3, -0.25) is 0 Å². The minimum atomic E-state index is 0.236. The van der Waals surface area contributed by atoms with Crippen LogP contribution in [0.15, 0.2) is 23.8 Å². The monoisotopic (exact) mass is 128 g/mol. The van der Waals surface area contributed by atoms with Crippen molar-refractivity contribution in [2.45, 2.75) is 18.7 Å². The van der Waals surface area contributed by atoms with Crippen molar-refractivity contribution in [3.63, 3.8) is 0 Å². The molecule has 0 spiro atoms. The van der Waals surface area contributed by atoms with Crippen molar-refractivity contribution >= 4 is 11.6 Å². The molecule has 0 fully saturated rings. The van der Waals surface area contributed by atoms with E-state index in [9.17, 15) is 0 Å². The number of hydrogen-bond donors (Lipinski definition) is 0. The Morgan fingerprint density at radius 1 is 1.75 bits per heavy atom. The van der Waals surface area contributed by atoms with E-state index in [1.807, 2.05) is 0 Å². The number of halogens is 1. The van der Waals surface area contributed by atoms with Gasteiger partial charge in [0.25, 0.3) is 0 Å². The minimum Gasteiger partial charge on any atom is -0.118 e. The fraction of sp³-hybridized carbons (Fsp3) is 0.429. The highest BCUT2D eigenvalue weighted by atomic mass is 35.5. The van der Waals surface area contributed by atoms with Gasteiger partial charge in [-0.2, -0.15) is 0 Å². The third-order valence-corrected chi connectivity index (χ3v) is 1.49. The first-order valence-electron chi connectivity index (χ1n) is 2.78. The number of hydrogen-bond acceptors (Lipinski definition) is 0. The second kappa shape index (κ2) is 2.36. The summed E-state index contributed by atoms with van der Waals surface area (Å²) in [6, 6.07) is 0. The summed E-state index contributed by atoms with van der Waals surface area (Å²) in [4.78, 5) is 0. The highest BCUT2D eigenvalue weighted by molar-refractivity contribution is 6.22. The second-order valence-electron chi connectivity index (χ2n) is 2.06.